The zero-order valence-corrected chi connectivity index (χ0v) is 17.2. The van der Waals surface area contributed by atoms with Gasteiger partial charge < -0.3 is 24.8 Å². The lowest BCUT2D eigenvalue weighted by molar-refractivity contribution is 0.104. The van der Waals surface area contributed by atoms with E-state index in [0.717, 1.165) is 0 Å². The molecule has 0 saturated carbocycles. The van der Waals surface area contributed by atoms with Crippen LogP contribution in [-0.4, -0.2) is 39.2 Å². The summed E-state index contributed by atoms with van der Waals surface area (Å²) < 4.78 is 15.9. The van der Waals surface area contributed by atoms with Gasteiger partial charge in [0.25, 0.3) is 0 Å². The number of anilines is 1. The van der Waals surface area contributed by atoms with E-state index in [2.05, 4.69) is 10.6 Å². The Morgan fingerprint density at radius 1 is 0.897 bits per heavy atom. The number of ketones is 1. The van der Waals surface area contributed by atoms with E-state index >= 15 is 0 Å². The second kappa shape index (κ2) is 10.2. The second-order valence-corrected chi connectivity index (χ2v) is 6.48. The molecule has 0 unspecified atom stereocenters. The first-order valence-corrected chi connectivity index (χ1v) is 9.08. The summed E-state index contributed by atoms with van der Waals surface area (Å²) in [6, 6.07) is 9.85. The number of urea groups is 1. The summed E-state index contributed by atoms with van der Waals surface area (Å²) in [4.78, 5) is 24.2. The third-order valence-electron chi connectivity index (χ3n) is 4.00. The normalized spacial score (nSPS) is 10.7. The molecular formula is C22H26N2O5. The highest BCUT2D eigenvalue weighted by atomic mass is 16.5. The molecule has 29 heavy (non-hydrogen) atoms. The Balaban J connectivity index is 2.13. The van der Waals surface area contributed by atoms with Crippen molar-refractivity contribution in [2.75, 3.05) is 26.6 Å². The van der Waals surface area contributed by atoms with E-state index in [4.69, 9.17) is 14.2 Å². The van der Waals surface area contributed by atoms with Crippen molar-refractivity contribution < 1.29 is 23.8 Å². The zero-order valence-electron chi connectivity index (χ0n) is 17.2. The summed E-state index contributed by atoms with van der Waals surface area (Å²) in [7, 11) is 4.63. The molecule has 0 bridgehead atoms. The maximum atomic E-state index is 12.5. The van der Waals surface area contributed by atoms with Gasteiger partial charge in [0.2, 0.25) is 0 Å². The third kappa shape index (κ3) is 6.00. The Labute approximate surface area is 170 Å². The maximum Gasteiger partial charge on any atom is 0.319 e. The van der Waals surface area contributed by atoms with Crippen molar-refractivity contribution in [1.82, 2.24) is 5.32 Å². The molecule has 0 atom stereocenters. The number of methoxy groups -OCH3 is 3. The molecule has 0 aliphatic carbocycles. The van der Waals surface area contributed by atoms with E-state index in [9.17, 15) is 9.59 Å². The van der Waals surface area contributed by atoms with Crippen LogP contribution >= 0.6 is 0 Å². The molecule has 2 amide bonds. The van der Waals surface area contributed by atoms with Crippen molar-refractivity contribution in [3.8, 4) is 17.2 Å². The van der Waals surface area contributed by atoms with Gasteiger partial charge in [-0.05, 0) is 56.3 Å². The van der Waals surface area contributed by atoms with Crippen molar-refractivity contribution >= 4 is 23.6 Å². The standard InChI is InChI=1S/C22H26N2O5/c1-14(2)23-22(26)24-17-9-6-15(7-10-17)18(25)11-8-16-12-20(28-4)21(29-5)13-19(16)27-3/h6-14H,1-5H3,(H2,23,24,26). The van der Waals surface area contributed by atoms with Crippen LogP contribution in [-0.2, 0) is 0 Å². The van der Waals surface area contributed by atoms with Gasteiger partial charge in [-0.25, -0.2) is 4.79 Å². The predicted octanol–water partition coefficient (Wildman–Crippen LogP) is 4.14. The van der Waals surface area contributed by atoms with Crippen LogP contribution in [0.5, 0.6) is 17.2 Å². The van der Waals surface area contributed by atoms with E-state index in [-0.39, 0.29) is 17.9 Å². The molecule has 2 aromatic rings. The highest BCUT2D eigenvalue weighted by Gasteiger charge is 2.11. The minimum absolute atomic E-state index is 0.0366. The number of rotatable bonds is 8. The monoisotopic (exact) mass is 398 g/mol. The number of hydrogen-bond donors (Lipinski definition) is 2. The second-order valence-electron chi connectivity index (χ2n) is 6.48. The molecular weight excluding hydrogens is 372 g/mol. The largest absolute Gasteiger partial charge is 0.496 e. The number of ether oxygens (including phenoxy) is 3. The molecule has 0 saturated heterocycles. The van der Waals surface area contributed by atoms with Crippen molar-refractivity contribution in [3.05, 3.63) is 53.6 Å². The predicted molar refractivity (Wildman–Crippen MR) is 113 cm³/mol. The summed E-state index contributed by atoms with van der Waals surface area (Å²) in [6.07, 6.45) is 3.11. The third-order valence-corrected chi connectivity index (χ3v) is 4.00. The van der Waals surface area contributed by atoms with Crippen LogP contribution in [0.1, 0.15) is 29.8 Å². The summed E-state index contributed by atoms with van der Waals surface area (Å²) in [5.41, 5.74) is 1.78. The zero-order chi connectivity index (χ0) is 21.4. The molecule has 2 N–H and O–H groups in total. The van der Waals surface area contributed by atoms with E-state index < -0.39 is 0 Å². The summed E-state index contributed by atoms with van der Waals surface area (Å²) in [5, 5.41) is 5.45. The molecule has 0 aromatic heterocycles. The first kappa shape index (κ1) is 21.8. The lowest BCUT2D eigenvalue weighted by Gasteiger charge is -2.12. The molecule has 0 spiro atoms. The average molecular weight is 398 g/mol. The molecule has 2 rings (SSSR count). The van der Waals surface area contributed by atoms with Gasteiger partial charge in [-0.1, -0.05) is 0 Å². The van der Waals surface area contributed by atoms with E-state index in [1.807, 2.05) is 13.8 Å². The Hall–Kier alpha value is -3.48. The molecule has 7 nitrogen and oxygen atoms in total. The van der Waals surface area contributed by atoms with Gasteiger partial charge in [-0.15, -0.1) is 0 Å². The van der Waals surface area contributed by atoms with Gasteiger partial charge in [0, 0.05) is 28.9 Å². The number of hydrogen-bond acceptors (Lipinski definition) is 5. The summed E-state index contributed by atoms with van der Waals surface area (Å²) in [5.74, 6) is 1.45. The summed E-state index contributed by atoms with van der Waals surface area (Å²) in [6.45, 7) is 3.75. The van der Waals surface area contributed by atoms with Crippen LogP contribution in [0, 0.1) is 0 Å². The minimum atomic E-state index is -0.292. The van der Waals surface area contributed by atoms with Crippen molar-refractivity contribution in [3.63, 3.8) is 0 Å². The molecule has 0 fully saturated rings. The first-order valence-electron chi connectivity index (χ1n) is 9.08. The minimum Gasteiger partial charge on any atom is -0.496 e. The average Bonchev–Trinajstić information content (AvgIpc) is 2.71. The van der Waals surface area contributed by atoms with Crippen LogP contribution in [0.4, 0.5) is 10.5 Å². The topological polar surface area (TPSA) is 85.9 Å². The van der Waals surface area contributed by atoms with Gasteiger partial charge >= 0.3 is 6.03 Å². The summed E-state index contributed by atoms with van der Waals surface area (Å²) >= 11 is 0. The highest BCUT2D eigenvalue weighted by Crippen LogP contribution is 2.35. The van der Waals surface area contributed by atoms with Gasteiger partial charge in [0.1, 0.15) is 5.75 Å². The molecule has 0 aliphatic heterocycles. The fourth-order valence-corrected chi connectivity index (χ4v) is 2.59. The van der Waals surface area contributed by atoms with Crippen LogP contribution < -0.4 is 24.8 Å². The molecule has 2 aromatic carbocycles. The van der Waals surface area contributed by atoms with Crippen molar-refractivity contribution in [2.45, 2.75) is 19.9 Å². The lowest BCUT2D eigenvalue weighted by Crippen LogP contribution is -2.34. The molecule has 0 heterocycles. The van der Waals surface area contributed by atoms with Gasteiger partial charge in [-0.2, -0.15) is 0 Å². The fraction of sp³-hybridized carbons (Fsp3) is 0.273. The lowest BCUT2D eigenvalue weighted by atomic mass is 10.1. The smallest absolute Gasteiger partial charge is 0.319 e. The Morgan fingerprint density at radius 2 is 1.48 bits per heavy atom. The maximum absolute atomic E-state index is 12.5. The molecule has 0 radical (unpaired) electrons. The van der Waals surface area contributed by atoms with Crippen LogP contribution in [0.3, 0.4) is 0 Å². The number of amides is 2. The van der Waals surface area contributed by atoms with Gasteiger partial charge in [0.15, 0.2) is 17.3 Å². The van der Waals surface area contributed by atoms with Crippen molar-refractivity contribution in [2.24, 2.45) is 0 Å². The van der Waals surface area contributed by atoms with Gasteiger partial charge in [0.05, 0.1) is 21.3 Å². The molecule has 0 aliphatic rings. The van der Waals surface area contributed by atoms with E-state index in [1.54, 1.807) is 63.8 Å². The Bertz CT molecular complexity index is 889. The SMILES string of the molecule is COc1cc(OC)c(OC)cc1C=CC(=O)c1ccc(NC(=O)NC(C)C)cc1. The number of benzene rings is 2. The van der Waals surface area contributed by atoms with Crippen LogP contribution in [0.15, 0.2) is 42.5 Å². The Kier molecular flexibility index (Phi) is 7.65. The van der Waals surface area contributed by atoms with E-state index in [0.29, 0.717) is 34.1 Å². The molecule has 154 valence electrons. The van der Waals surface area contributed by atoms with Crippen LogP contribution in [0.2, 0.25) is 0 Å². The number of nitrogens with one attached hydrogen (secondary N) is 2. The quantitative estimate of drug-likeness (QED) is 0.516. The van der Waals surface area contributed by atoms with Crippen LogP contribution in [0.25, 0.3) is 6.08 Å². The highest BCUT2D eigenvalue weighted by molar-refractivity contribution is 6.07. The van der Waals surface area contributed by atoms with Crippen molar-refractivity contribution in [1.29, 1.82) is 0 Å². The fourth-order valence-electron chi connectivity index (χ4n) is 2.59. The number of carbonyl (C=O) groups is 2. The van der Waals surface area contributed by atoms with Gasteiger partial charge in [-0.3, -0.25) is 4.79 Å². The van der Waals surface area contributed by atoms with E-state index in [1.165, 1.54) is 6.08 Å². The Morgan fingerprint density at radius 3 is 2.03 bits per heavy atom. The first-order chi connectivity index (χ1) is 13.9. The number of allylic oxidation sites excluding steroid dienone is 1. The number of carbonyl (C=O) groups excluding carboxylic acids is 2. The molecule has 7 heteroatoms.